The topological polar surface area (TPSA) is 34.1 Å². The minimum atomic E-state index is -2.17. The van der Waals surface area contributed by atoms with E-state index < -0.39 is 33.7 Å². The average Bonchev–Trinajstić information content (AvgIpc) is 3.05. The minimum Gasteiger partial charge on any atom is -0.0620 e. The van der Waals surface area contributed by atoms with Crippen LogP contribution in [0.3, 0.4) is 0 Å². The monoisotopic (exact) mass is 760 g/mol. The molecule has 0 aliphatic heterocycles. The van der Waals surface area contributed by atoms with Crippen molar-refractivity contribution in [2.24, 2.45) is 0 Å². The number of rotatable bonds is 6. The van der Waals surface area contributed by atoms with Crippen molar-refractivity contribution < 1.29 is 24.8 Å². The quantitative estimate of drug-likeness (QED) is 0.143. The van der Waals surface area contributed by atoms with E-state index in [-0.39, 0.29) is 7.43 Å². The fourth-order valence-corrected chi connectivity index (χ4v) is 9.78. The molecule has 0 fully saturated rings. The molecule has 211 valence electrons. The van der Waals surface area contributed by atoms with Crippen LogP contribution in [0.2, 0.25) is 0 Å². The standard InChI is InChI=1S/2C18H15P.CH3.2O.Re/c2*1-4-10-16(11-5-1)19(17-12-6-2-7-13-17)18-14-8-3-9-15-18;;;;/h2*1-15H;1H3;;;/q;;-1;;;/p+2. The fraction of sp³-hybridized carbons (Fsp3) is 0. The van der Waals surface area contributed by atoms with Gasteiger partial charge >= 0.3 is 24.8 Å². The summed E-state index contributed by atoms with van der Waals surface area (Å²) in [4.78, 5) is 0. The van der Waals surface area contributed by atoms with E-state index in [9.17, 15) is 0 Å². The normalized spacial score (nSPS) is 9.86. The van der Waals surface area contributed by atoms with Crippen molar-refractivity contribution in [2.75, 3.05) is 0 Å². The van der Waals surface area contributed by atoms with Gasteiger partial charge in [0.2, 0.25) is 0 Å². The molecule has 0 spiro atoms. The van der Waals surface area contributed by atoms with Crippen LogP contribution < -0.4 is 31.8 Å². The van der Waals surface area contributed by atoms with Crippen LogP contribution in [-0.4, -0.2) is 0 Å². The third-order valence-corrected chi connectivity index (χ3v) is 11.8. The average molecular weight is 760 g/mol. The Morgan fingerprint density at radius 1 is 0.286 bits per heavy atom. The summed E-state index contributed by atoms with van der Waals surface area (Å²) >= 11 is -2.17. The second kappa shape index (κ2) is 18.8. The Bertz CT molecular complexity index is 1270. The maximum Gasteiger partial charge on any atom is 0.102 e. The third kappa shape index (κ3) is 9.77. The van der Waals surface area contributed by atoms with Gasteiger partial charge in [-0.2, -0.15) is 0 Å². The van der Waals surface area contributed by atoms with Crippen LogP contribution in [0.4, 0.5) is 0 Å². The summed E-state index contributed by atoms with van der Waals surface area (Å²) in [6, 6.07) is 65.0. The van der Waals surface area contributed by atoms with Crippen molar-refractivity contribution in [3.63, 3.8) is 0 Å². The van der Waals surface area contributed by atoms with Gasteiger partial charge in [0.15, 0.2) is 0 Å². The van der Waals surface area contributed by atoms with Gasteiger partial charge in [-0.15, -0.1) is 0 Å². The van der Waals surface area contributed by atoms with Gasteiger partial charge < -0.3 is 7.43 Å². The van der Waals surface area contributed by atoms with Crippen molar-refractivity contribution in [2.45, 2.75) is 0 Å². The summed E-state index contributed by atoms with van der Waals surface area (Å²) < 4.78 is 17.1. The van der Waals surface area contributed by atoms with E-state index in [0.717, 1.165) is 0 Å². The van der Waals surface area contributed by atoms with E-state index in [2.05, 4.69) is 182 Å². The molecule has 0 aliphatic rings. The third-order valence-electron chi connectivity index (χ3n) is 6.37. The maximum absolute atomic E-state index is 8.53. The Morgan fingerprint density at radius 2 is 0.405 bits per heavy atom. The Kier molecular flexibility index (Phi) is 14.7. The Balaban J connectivity index is 0.000000207. The summed E-state index contributed by atoms with van der Waals surface area (Å²) in [6.45, 7) is 0. The van der Waals surface area contributed by atoms with Crippen LogP contribution >= 0.6 is 15.8 Å². The van der Waals surface area contributed by atoms with E-state index in [4.69, 9.17) is 6.94 Å². The molecular formula is C37H35O2P2Re+. The predicted octanol–water partition coefficient (Wildman–Crippen LogP) is 6.56. The summed E-state index contributed by atoms with van der Waals surface area (Å²) in [5, 5.41) is 8.61. The van der Waals surface area contributed by atoms with E-state index in [1.807, 2.05) is 0 Å². The molecule has 0 atom stereocenters. The first kappa shape index (κ1) is 33.0. The molecule has 0 saturated heterocycles. The molecule has 42 heavy (non-hydrogen) atoms. The minimum absolute atomic E-state index is 0. The first-order chi connectivity index (χ1) is 20.3. The Morgan fingerprint density at radius 3 is 0.524 bits per heavy atom. The molecule has 0 amide bonds. The molecule has 2 nitrogen and oxygen atoms in total. The number of hydrogen-bond donors (Lipinski definition) is 0. The zero-order chi connectivity index (χ0) is 28.5. The summed E-state index contributed by atoms with van der Waals surface area (Å²) in [5.74, 6) is 0. The summed E-state index contributed by atoms with van der Waals surface area (Å²) in [6.07, 6.45) is 0. The molecule has 0 saturated carbocycles. The van der Waals surface area contributed by atoms with Gasteiger partial charge in [0.05, 0.1) is 15.8 Å². The van der Waals surface area contributed by atoms with Crippen molar-refractivity contribution in [3.05, 3.63) is 189 Å². The van der Waals surface area contributed by atoms with Crippen molar-refractivity contribution in [3.8, 4) is 0 Å². The summed E-state index contributed by atoms with van der Waals surface area (Å²) in [7, 11) is -1.75. The first-order valence-corrected chi connectivity index (χ1v) is 18.5. The first-order valence-electron chi connectivity index (χ1n) is 13.3. The molecule has 0 unspecified atom stereocenters. The SMILES string of the molecule is [CH3-].[O]=[Re]=[O].c1ccc([PH+](c2ccccc2)c2ccccc2)cc1.c1ccc([PH+](c2ccccc2)c2ccccc2)cc1. The van der Waals surface area contributed by atoms with Crippen molar-refractivity contribution in [1.29, 1.82) is 0 Å². The molecule has 6 aromatic rings. The molecule has 0 N–H and O–H groups in total. The van der Waals surface area contributed by atoms with Crippen LogP contribution in [-0.2, 0) is 24.8 Å². The molecule has 6 rings (SSSR count). The van der Waals surface area contributed by atoms with Gasteiger partial charge in [0, 0.05) is 0 Å². The Labute approximate surface area is 260 Å². The zero-order valence-corrected chi connectivity index (χ0v) is 28.2. The van der Waals surface area contributed by atoms with E-state index in [1.165, 1.54) is 31.8 Å². The van der Waals surface area contributed by atoms with Crippen LogP contribution in [0, 0.1) is 7.43 Å². The number of benzene rings is 6. The summed E-state index contributed by atoms with van der Waals surface area (Å²) in [5.41, 5.74) is 0. The predicted molar refractivity (Wildman–Crippen MR) is 181 cm³/mol. The van der Waals surface area contributed by atoms with Gasteiger partial charge in [-0.1, -0.05) is 109 Å². The van der Waals surface area contributed by atoms with Gasteiger partial charge in [-0.3, -0.25) is 0 Å². The molecule has 5 heteroatoms. The van der Waals surface area contributed by atoms with E-state index >= 15 is 0 Å². The van der Waals surface area contributed by atoms with Crippen molar-refractivity contribution >= 4 is 47.7 Å². The van der Waals surface area contributed by atoms with Crippen LogP contribution in [0.25, 0.3) is 0 Å². The largest absolute Gasteiger partial charge is 0.102 e. The van der Waals surface area contributed by atoms with Crippen molar-refractivity contribution in [1.82, 2.24) is 0 Å². The van der Waals surface area contributed by atoms with Gasteiger partial charge in [-0.25, -0.2) is 0 Å². The molecule has 0 aliphatic carbocycles. The van der Waals surface area contributed by atoms with Crippen LogP contribution in [0.5, 0.6) is 0 Å². The molecule has 0 heterocycles. The number of hydrogen-bond acceptors (Lipinski definition) is 2. The van der Waals surface area contributed by atoms with E-state index in [1.54, 1.807) is 0 Å². The fourth-order valence-electron chi connectivity index (χ4n) is 4.63. The smallest absolute Gasteiger partial charge is 0.0620 e. The van der Waals surface area contributed by atoms with Crippen LogP contribution in [0.15, 0.2) is 182 Å². The van der Waals surface area contributed by atoms with Crippen LogP contribution in [0.1, 0.15) is 0 Å². The molecular weight excluding hydrogens is 725 g/mol. The molecule has 6 aromatic carbocycles. The van der Waals surface area contributed by atoms with Gasteiger partial charge in [-0.05, 0) is 72.8 Å². The second-order valence-corrected chi connectivity index (χ2v) is 14.4. The van der Waals surface area contributed by atoms with Gasteiger partial charge in [0.25, 0.3) is 0 Å². The molecule has 0 radical (unpaired) electrons. The maximum atomic E-state index is 8.53. The Hall–Kier alpha value is -3.56. The van der Waals surface area contributed by atoms with E-state index in [0.29, 0.717) is 0 Å². The molecule has 0 bridgehead atoms. The second-order valence-electron chi connectivity index (χ2n) is 9.01. The zero-order valence-electron chi connectivity index (χ0n) is 23.5. The van der Waals surface area contributed by atoms with Gasteiger partial charge in [0.1, 0.15) is 31.8 Å². The molecule has 0 aromatic heterocycles.